The number of ether oxygens (including phenoxy) is 1. The summed E-state index contributed by atoms with van der Waals surface area (Å²) in [7, 11) is 0. The van der Waals surface area contributed by atoms with E-state index in [4.69, 9.17) is 16.3 Å². The average molecular weight is 536 g/mol. The number of phenols is 1. The highest BCUT2D eigenvalue weighted by Crippen LogP contribution is 2.35. The molecule has 2 unspecified atom stereocenters. The summed E-state index contributed by atoms with van der Waals surface area (Å²) in [4.78, 5) is 19.1. The molecule has 0 saturated carbocycles. The first-order valence-corrected chi connectivity index (χ1v) is 11.4. The van der Waals surface area contributed by atoms with E-state index in [0.717, 1.165) is 23.5 Å². The lowest BCUT2D eigenvalue weighted by atomic mass is 10.1. The Morgan fingerprint density at radius 3 is 2.59 bits per heavy atom. The Morgan fingerprint density at radius 1 is 1.26 bits per heavy atom. The molecule has 2 heterocycles. The molecule has 184 valence electrons. The number of nitrogens with one attached hydrogen (secondary N) is 1. The van der Waals surface area contributed by atoms with Crippen LogP contribution in [0.15, 0.2) is 30.3 Å². The van der Waals surface area contributed by atoms with Crippen molar-refractivity contribution in [2.45, 2.75) is 38.8 Å². The fourth-order valence-corrected chi connectivity index (χ4v) is 5.01. The summed E-state index contributed by atoms with van der Waals surface area (Å²) in [5, 5.41) is 13.8. The minimum Gasteiger partial charge on any atom is -0.507 e. The number of halogens is 5. The van der Waals surface area contributed by atoms with Gasteiger partial charge in [-0.05, 0) is 44.2 Å². The third-order valence-corrected chi connectivity index (χ3v) is 6.57. The zero-order valence-corrected chi connectivity index (χ0v) is 20.5. The molecular formula is C22H22Cl2F3N3O3S. The van der Waals surface area contributed by atoms with E-state index in [1.165, 1.54) is 18.2 Å². The van der Waals surface area contributed by atoms with Crippen molar-refractivity contribution >= 4 is 56.6 Å². The summed E-state index contributed by atoms with van der Waals surface area (Å²) >= 11 is 7.23. The number of carbonyl (C=O) groups excluding carboxylic acids is 1. The van der Waals surface area contributed by atoms with Gasteiger partial charge in [0.2, 0.25) is 0 Å². The molecule has 0 radical (unpaired) electrons. The number of thiazole rings is 1. The van der Waals surface area contributed by atoms with Crippen LogP contribution in [0.2, 0.25) is 5.02 Å². The predicted molar refractivity (Wildman–Crippen MR) is 128 cm³/mol. The number of hydrogen-bond acceptors (Lipinski definition) is 6. The van der Waals surface area contributed by atoms with Gasteiger partial charge < -0.3 is 9.84 Å². The molecular weight excluding hydrogens is 514 g/mol. The molecule has 0 aliphatic carbocycles. The van der Waals surface area contributed by atoms with Crippen LogP contribution in [-0.2, 0) is 17.5 Å². The highest BCUT2D eigenvalue weighted by atomic mass is 35.5. The van der Waals surface area contributed by atoms with Gasteiger partial charge in [-0.3, -0.25) is 15.0 Å². The molecule has 1 aliphatic heterocycles. The lowest BCUT2D eigenvalue weighted by molar-refractivity contribution is -0.137. The maximum atomic E-state index is 12.9. The topological polar surface area (TPSA) is 74.7 Å². The molecule has 1 aromatic heterocycles. The van der Waals surface area contributed by atoms with E-state index >= 15 is 0 Å². The molecule has 2 aromatic carbocycles. The van der Waals surface area contributed by atoms with Gasteiger partial charge in [0.15, 0.2) is 5.13 Å². The van der Waals surface area contributed by atoms with Crippen molar-refractivity contribution in [3.8, 4) is 5.75 Å². The molecule has 1 amide bonds. The normalized spacial score (nSPS) is 19.1. The van der Waals surface area contributed by atoms with Crippen LogP contribution in [0.1, 0.15) is 35.3 Å². The van der Waals surface area contributed by atoms with Crippen LogP contribution in [0.5, 0.6) is 5.75 Å². The number of phenolic OH excluding ortho intramolecular Hbond substituents is 1. The van der Waals surface area contributed by atoms with E-state index in [1.807, 2.05) is 13.8 Å². The summed E-state index contributed by atoms with van der Waals surface area (Å²) in [6.07, 6.45) is -4.42. The number of benzene rings is 2. The highest BCUT2D eigenvalue weighted by molar-refractivity contribution is 7.22. The summed E-state index contributed by atoms with van der Waals surface area (Å²) in [6, 6.07) is 6.12. The number of nitrogens with zero attached hydrogens (tertiary/aromatic N) is 2. The molecule has 34 heavy (non-hydrogen) atoms. The smallest absolute Gasteiger partial charge is 0.416 e. The van der Waals surface area contributed by atoms with Crippen LogP contribution in [-0.4, -0.2) is 46.2 Å². The van der Waals surface area contributed by atoms with E-state index in [1.54, 1.807) is 0 Å². The second kappa shape index (κ2) is 10.2. The Labute approximate surface area is 209 Å². The van der Waals surface area contributed by atoms with Crippen LogP contribution in [0.3, 0.4) is 0 Å². The van der Waals surface area contributed by atoms with Gasteiger partial charge in [0.1, 0.15) is 5.75 Å². The second-order valence-electron chi connectivity index (χ2n) is 8.03. The Balaban J connectivity index is 0.00000324. The quantitative estimate of drug-likeness (QED) is 0.431. The number of fused-ring (bicyclic) bond motifs is 1. The first-order chi connectivity index (χ1) is 15.5. The first-order valence-electron chi connectivity index (χ1n) is 10.2. The Kier molecular flexibility index (Phi) is 7.99. The molecule has 1 saturated heterocycles. The number of alkyl halides is 3. The Morgan fingerprint density at radius 2 is 1.94 bits per heavy atom. The number of rotatable bonds is 4. The van der Waals surface area contributed by atoms with E-state index < -0.39 is 17.6 Å². The van der Waals surface area contributed by atoms with E-state index in [0.29, 0.717) is 35.7 Å². The standard InChI is InChI=1S/C22H21ClF3N3O3S.ClH/c1-11-8-29(9-12(2)32-11)10-15-16(23)5-4-14(19(15)30)20(31)28-21-27-17-6-3-13(22(24,25)26)7-18(17)33-21;/h3-7,11-12,30H,8-10H2,1-2H3,(H,27,28,31);1H. The molecule has 0 spiro atoms. The molecule has 0 bridgehead atoms. The zero-order valence-electron chi connectivity index (χ0n) is 18.1. The second-order valence-corrected chi connectivity index (χ2v) is 9.46. The number of aromatic hydroxyl groups is 1. The van der Waals surface area contributed by atoms with Gasteiger partial charge in [0, 0.05) is 30.2 Å². The Hall–Kier alpha value is -2.11. The summed E-state index contributed by atoms with van der Waals surface area (Å²) in [6.45, 7) is 5.57. The number of aromatic nitrogens is 1. The molecule has 1 aliphatic rings. The third-order valence-electron chi connectivity index (χ3n) is 5.28. The molecule has 3 aromatic rings. The minimum atomic E-state index is -4.47. The van der Waals surface area contributed by atoms with Crippen molar-refractivity contribution in [2.24, 2.45) is 0 Å². The fourth-order valence-electron chi connectivity index (χ4n) is 3.90. The van der Waals surface area contributed by atoms with Gasteiger partial charge in [0.25, 0.3) is 5.91 Å². The van der Waals surface area contributed by atoms with Crippen LogP contribution in [0, 0.1) is 0 Å². The minimum absolute atomic E-state index is 0. The number of carbonyl (C=O) groups is 1. The van der Waals surface area contributed by atoms with Crippen LogP contribution < -0.4 is 5.32 Å². The SMILES string of the molecule is CC1CN(Cc2c(Cl)ccc(C(=O)Nc3nc4ccc(C(F)(F)F)cc4s3)c2O)CC(C)O1.Cl. The summed E-state index contributed by atoms with van der Waals surface area (Å²) < 4.78 is 44.8. The van der Waals surface area contributed by atoms with Crippen molar-refractivity contribution in [3.05, 3.63) is 52.0 Å². The number of anilines is 1. The van der Waals surface area contributed by atoms with E-state index in [2.05, 4.69) is 15.2 Å². The number of amides is 1. The first kappa shape index (κ1) is 26.5. The van der Waals surface area contributed by atoms with Crippen molar-refractivity contribution in [1.29, 1.82) is 0 Å². The molecule has 4 rings (SSSR count). The van der Waals surface area contributed by atoms with Gasteiger partial charge in [-0.2, -0.15) is 13.2 Å². The number of morpholine rings is 1. The lowest BCUT2D eigenvalue weighted by Gasteiger charge is -2.35. The Bertz CT molecular complexity index is 1200. The average Bonchev–Trinajstić information content (AvgIpc) is 3.11. The zero-order chi connectivity index (χ0) is 23.9. The maximum Gasteiger partial charge on any atom is 0.416 e. The molecule has 1 fully saturated rings. The van der Waals surface area contributed by atoms with Crippen molar-refractivity contribution < 1.29 is 27.8 Å². The van der Waals surface area contributed by atoms with Gasteiger partial charge in [0.05, 0.1) is 33.6 Å². The third kappa shape index (κ3) is 5.75. The molecule has 2 atom stereocenters. The van der Waals surface area contributed by atoms with Crippen molar-refractivity contribution in [1.82, 2.24) is 9.88 Å². The summed E-state index contributed by atoms with van der Waals surface area (Å²) in [5.74, 6) is -0.878. The monoisotopic (exact) mass is 535 g/mol. The van der Waals surface area contributed by atoms with Crippen LogP contribution in [0.25, 0.3) is 10.2 Å². The van der Waals surface area contributed by atoms with Crippen molar-refractivity contribution in [3.63, 3.8) is 0 Å². The predicted octanol–water partition coefficient (Wildman–Crippen LogP) is 5.96. The van der Waals surface area contributed by atoms with Crippen LogP contribution >= 0.6 is 35.3 Å². The molecule has 12 heteroatoms. The van der Waals surface area contributed by atoms with Crippen LogP contribution in [0.4, 0.5) is 18.3 Å². The van der Waals surface area contributed by atoms with E-state index in [9.17, 15) is 23.1 Å². The van der Waals surface area contributed by atoms with Gasteiger partial charge in [-0.25, -0.2) is 4.98 Å². The van der Waals surface area contributed by atoms with Crippen molar-refractivity contribution in [2.75, 3.05) is 18.4 Å². The maximum absolute atomic E-state index is 12.9. The lowest BCUT2D eigenvalue weighted by Crippen LogP contribution is -2.44. The van der Waals surface area contributed by atoms with E-state index in [-0.39, 0.29) is 45.8 Å². The summed E-state index contributed by atoms with van der Waals surface area (Å²) in [5.41, 5.74) is -0.0353. The highest BCUT2D eigenvalue weighted by Gasteiger charge is 2.31. The van der Waals surface area contributed by atoms with Gasteiger partial charge in [-0.1, -0.05) is 22.9 Å². The number of hydrogen-bond donors (Lipinski definition) is 2. The fraction of sp³-hybridized carbons (Fsp3) is 0.364. The van der Waals surface area contributed by atoms with Gasteiger partial charge in [-0.15, -0.1) is 12.4 Å². The molecule has 6 nitrogen and oxygen atoms in total. The molecule has 2 N–H and O–H groups in total. The largest absolute Gasteiger partial charge is 0.507 e. The van der Waals surface area contributed by atoms with Gasteiger partial charge >= 0.3 is 6.18 Å².